The maximum Gasteiger partial charge on any atom is 0.361 e. The average molecular weight is 528 g/mol. The van der Waals surface area contributed by atoms with E-state index in [0.29, 0.717) is 28.7 Å². The van der Waals surface area contributed by atoms with Gasteiger partial charge in [0.25, 0.3) is 0 Å². The maximum atomic E-state index is 14.0. The Morgan fingerprint density at radius 1 is 1.18 bits per heavy atom. The van der Waals surface area contributed by atoms with E-state index in [1.54, 1.807) is 27.7 Å². The Morgan fingerprint density at radius 2 is 1.89 bits per heavy atom. The summed E-state index contributed by atoms with van der Waals surface area (Å²) >= 11 is 0. The van der Waals surface area contributed by atoms with Crippen molar-refractivity contribution in [3.63, 3.8) is 0 Å². The second-order valence-electron chi connectivity index (χ2n) is 13.1. The number of fused-ring (bicyclic) bond motifs is 7. The summed E-state index contributed by atoms with van der Waals surface area (Å²) in [6, 6.07) is 0. The fourth-order valence-corrected chi connectivity index (χ4v) is 6.97. The van der Waals surface area contributed by atoms with Crippen LogP contribution < -0.4 is 0 Å². The molecule has 8 nitrogen and oxygen atoms in total. The number of hydrogen-bond donors (Lipinski definition) is 1. The van der Waals surface area contributed by atoms with Gasteiger partial charge < -0.3 is 23.8 Å². The number of carbonyl (C=O) groups excluding carboxylic acids is 2. The Morgan fingerprint density at radius 3 is 2.55 bits per heavy atom. The summed E-state index contributed by atoms with van der Waals surface area (Å²) in [6.07, 6.45) is 3.58. The first-order valence-electron chi connectivity index (χ1n) is 13.7. The van der Waals surface area contributed by atoms with Crippen LogP contribution in [0.2, 0.25) is 0 Å². The maximum absolute atomic E-state index is 14.0. The molecule has 1 N–H and O–H groups in total. The third kappa shape index (κ3) is 4.48. The minimum atomic E-state index is -1.83. The zero-order chi connectivity index (χ0) is 27.8. The number of carbonyl (C=O) groups is 2. The highest BCUT2D eigenvalue weighted by atomic mass is 16.7. The van der Waals surface area contributed by atoms with Gasteiger partial charge in [0.05, 0.1) is 6.61 Å². The molecule has 1 aromatic heterocycles. The average Bonchev–Trinajstić information content (AvgIpc) is 3.21. The van der Waals surface area contributed by atoms with Crippen LogP contribution in [0, 0.1) is 42.9 Å². The number of aromatic nitrogens is 1. The summed E-state index contributed by atoms with van der Waals surface area (Å²) < 4.78 is 23.6. The van der Waals surface area contributed by atoms with E-state index in [1.165, 1.54) is 0 Å². The molecule has 3 aliphatic carbocycles. The standard InChI is InChI=1S/C30H41NO7/c1-15-9-10-16(2)25(36-27(33)24-17(3)18(4)38-31-24)30(34)13-22(32)20(23-21(11-15)28(23,5)6)12-19-14-35-29(7,8)37-26(19)30/h10,12,15,20-21,23,25-26,34H,9,11,13-14H2,1-8H3/b16-10-/t15-,20+,21+,23-,25-,26+,30+/m0/s1. The second kappa shape index (κ2) is 9.14. The molecule has 0 amide bonds. The smallest absolute Gasteiger partial charge is 0.361 e. The second-order valence-corrected chi connectivity index (χ2v) is 13.1. The molecule has 5 rings (SSSR count). The van der Waals surface area contributed by atoms with Gasteiger partial charge >= 0.3 is 5.97 Å². The Kier molecular flexibility index (Phi) is 6.56. The zero-order valence-electron chi connectivity index (χ0n) is 23.8. The number of allylic oxidation sites excluding steroid dienone is 2. The number of Topliss-reactive ketones (excluding diaryl/α,β-unsaturated/α-hetero) is 1. The van der Waals surface area contributed by atoms with Gasteiger partial charge in [0.2, 0.25) is 0 Å². The van der Waals surface area contributed by atoms with Gasteiger partial charge in [-0.25, -0.2) is 4.79 Å². The van der Waals surface area contributed by atoms with Gasteiger partial charge in [-0.3, -0.25) is 4.79 Å². The van der Waals surface area contributed by atoms with Crippen molar-refractivity contribution in [1.29, 1.82) is 0 Å². The molecule has 0 unspecified atom stereocenters. The minimum Gasteiger partial charge on any atom is -0.450 e. The molecule has 2 fully saturated rings. The Bertz CT molecular complexity index is 1210. The molecule has 38 heavy (non-hydrogen) atoms. The lowest BCUT2D eigenvalue weighted by atomic mass is 9.78. The molecule has 7 atom stereocenters. The van der Waals surface area contributed by atoms with Crippen molar-refractivity contribution in [3.05, 3.63) is 40.3 Å². The van der Waals surface area contributed by atoms with Crippen molar-refractivity contribution < 1.29 is 33.4 Å². The third-order valence-corrected chi connectivity index (χ3v) is 9.47. The van der Waals surface area contributed by atoms with Crippen LogP contribution in [0.25, 0.3) is 0 Å². The Labute approximate surface area is 224 Å². The molecule has 0 aromatic carbocycles. The zero-order valence-corrected chi connectivity index (χ0v) is 23.8. The number of nitrogens with zero attached hydrogens (tertiary/aromatic N) is 1. The van der Waals surface area contributed by atoms with Crippen molar-refractivity contribution in [2.45, 2.75) is 98.2 Å². The summed E-state index contributed by atoms with van der Waals surface area (Å²) in [5.74, 6) is -0.648. The van der Waals surface area contributed by atoms with Crippen LogP contribution in [0.4, 0.5) is 0 Å². The van der Waals surface area contributed by atoms with Crippen molar-refractivity contribution in [3.8, 4) is 0 Å². The van der Waals surface area contributed by atoms with Crippen molar-refractivity contribution in [2.24, 2.45) is 29.1 Å². The number of esters is 1. The van der Waals surface area contributed by atoms with Crippen LogP contribution in [0.3, 0.4) is 0 Å². The first kappa shape index (κ1) is 27.3. The molecule has 1 saturated heterocycles. The fraction of sp³-hybridized carbons (Fsp3) is 0.700. The van der Waals surface area contributed by atoms with Crippen LogP contribution in [-0.2, 0) is 19.0 Å². The predicted octanol–water partition coefficient (Wildman–Crippen LogP) is 4.86. The molecule has 2 bridgehead atoms. The van der Waals surface area contributed by atoms with E-state index in [4.69, 9.17) is 18.7 Å². The number of ketones is 1. The largest absolute Gasteiger partial charge is 0.450 e. The number of hydrogen-bond acceptors (Lipinski definition) is 8. The molecule has 0 radical (unpaired) electrons. The van der Waals surface area contributed by atoms with Crippen molar-refractivity contribution in [2.75, 3.05) is 6.61 Å². The van der Waals surface area contributed by atoms with E-state index in [1.807, 2.05) is 19.1 Å². The molecule has 1 saturated carbocycles. The third-order valence-electron chi connectivity index (χ3n) is 9.47. The van der Waals surface area contributed by atoms with Crippen molar-refractivity contribution >= 4 is 11.8 Å². The first-order valence-corrected chi connectivity index (χ1v) is 13.7. The van der Waals surface area contributed by atoms with Gasteiger partial charge in [-0.1, -0.05) is 38.1 Å². The number of rotatable bonds is 2. The SMILES string of the molecule is C/C1=C/C[C@H](C)C[C@@H]2[C@H]([C@@H]3C=C4COC(C)(C)O[C@H]4[C@@](O)(CC3=O)[C@H]1OC(=O)c1noc(C)c1C)C2(C)C. The highest BCUT2D eigenvalue weighted by Gasteiger charge is 2.64. The van der Waals surface area contributed by atoms with Gasteiger partial charge in [0, 0.05) is 17.9 Å². The number of aryl methyl sites for hydroxylation is 1. The minimum absolute atomic E-state index is 0.0142. The van der Waals surface area contributed by atoms with Crippen LogP contribution in [0.5, 0.6) is 0 Å². The van der Waals surface area contributed by atoms with E-state index in [-0.39, 0.29) is 41.8 Å². The molecule has 1 aromatic rings. The van der Waals surface area contributed by atoms with E-state index >= 15 is 0 Å². The Balaban J connectivity index is 1.64. The normalized spacial score (nSPS) is 39.3. The van der Waals surface area contributed by atoms with E-state index in [9.17, 15) is 14.7 Å². The fourth-order valence-electron chi connectivity index (χ4n) is 6.97. The van der Waals surface area contributed by atoms with E-state index < -0.39 is 29.6 Å². The molecule has 2 heterocycles. The predicted molar refractivity (Wildman–Crippen MR) is 139 cm³/mol. The molecule has 4 aliphatic rings. The van der Waals surface area contributed by atoms with Crippen LogP contribution in [0.1, 0.15) is 82.6 Å². The summed E-state index contributed by atoms with van der Waals surface area (Å²) in [4.78, 5) is 27.4. The summed E-state index contributed by atoms with van der Waals surface area (Å²) in [5.41, 5.74) is 0.213. The highest BCUT2D eigenvalue weighted by molar-refractivity contribution is 5.89. The lowest BCUT2D eigenvalue weighted by Gasteiger charge is -2.47. The van der Waals surface area contributed by atoms with Gasteiger partial charge in [-0.2, -0.15) is 0 Å². The number of aliphatic hydroxyl groups is 1. The molecule has 1 aliphatic heterocycles. The summed E-state index contributed by atoms with van der Waals surface area (Å²) in [7, 11) is 0. The van der Waals surface area contributed by atoms with Gasteiger partial charge in [0.1, 0.15) is 23.2 Å². The first-order chi connectivity index (χ1) is 17.7. The van der Waals surface area contributed by atoms with Gasteiger partial charge in [-0.05, 0) is 81.8 Å². The molecule has 8 heteroatoms. The summed E-state index contributed by atoms with van der Waals surface area (Å²) in [5, 5.41) is 16.5. The van der Waals surface area contributed by atoms with Crippen molar-refractivity contribution in [1.82, 2.24) is 5.16 Å². The lowest BCUT2D eigenvalue weighted by molar-refractivity contribution is -0.290. The van der Waals surface area contributed by atoms with Crippen LogP contribution in [-0.4, -0.2) is 52.2 Å². The molecular formula is C30H41NO7. The van der Waals surface area contributed by atoms with Gasteiger partial charge in [-0.15, -0.1) is 0 Å². The molecule has 0 spiro atoms. The molecule has 208 valence electrons. The lowest BCUT2D eigenvalue weighted by Crippen LogP contribution is -2.60. The monoisotopic (exact) mass is 527 g/mol. The van der Waals surface area contributed by atoms with Crippen LogP contribution >= 0.6 is 0 Å². The molecular weight excluding hydrogens is 486 g/mol. The van der Waals surface area contributed by atoms with Crippen LogP contribution in [0.15, 0.2) is 27.8 Å². The highest BCUT2D eigenvalue weighted by Crippen LogP contribution is 2.65. The van der Waals surface area contributed by atoms with Gasteiger partial charge in [0.15, 0.2) is 17.6 Å². The van der Waals surface area contributed by atoms with E-state index in [0.717, 1.165) is 18.4 Å². The van der Waals surface area contributed by atoms with E-state index in [2.05, 4.69) is 25.9 Å². The number of ether oxygens (including phenoxy) is 3. The summed E-state index contributed by atoms with van der Waals surface area (Å²) in [6.45, 7) is 15.8. The quantitative estimate of drug-likeness (QED) is 0.429. The Hall–Kier alpha value is -2.29. The topological polar surface area (TPSA) is 108 Å².